The first-order chi connectivity index (χ1) is 7.43. The van der Waals surface area contributed by atoms with Gasteiger partial charge in [0.1, 0.15) is 0 Å². The standard InChI is InChI=1S/C12H23N3/c1-2-4-11(3-1)15-8-7-14-6-5-13-9-12(14)10-15/h11-13H,1-10H2. The smallest absolute Gasteiger partial charge is 0.0349 e. The lowest BCUT2D eigenvalue weighted by molar-refractivity contribution is 0.0361. The van der Waals surface area contributed by atoms with Crippen LogP contribution in [-0.4, -0.2) is 61.2 Å². The number of rotatable bonds is 1. The van der Waals surface area contributed by atoms with Crippen molar-refractivity contribution in [3.63, 3.8) is 0 Å². The SMILES string of the molecule is C1CCC(N2CCN3CCNCC3C2)C1. The van der Waals surface area contributed by atoms with E-state index in [-0.39, 0.29) is 0 Å². The monoisotopic (exact) mass is 209 g/mol. The average Bonchev–Trinajstić information content (AvgIpc) is 2.82. The van der Waals surface area contributed by atoms with Crippen molar-refractivity contribution < 1.29 is 0 Å². The lowest BCUT2D eigenvalue weighted by Gasteiger charge is -2.46. The number of hydrogen-bond acceptors (Lipinski definition) is 3. The zero-order valence-corrected chi connectivity index (χ0v) is 9.62. The highest BCUT2D eigenvalue weighted by atomic mass is 15.3. The molecule has 1 N–H and O–H groups in total. The average molecular weight is 209 g/mol. The molecule has 0 spiro atoms. The predicted molar refractivity (Wildman–Crippen MR) is 62.1 cm³/mol. The first kappa shape index (κ1) is 10.1. The van der Waals surface area contributed by atoms with Gasteiger partial charge in [-0.2, -0.15) is 0 Å². The summed E-state index contributed by atoms with van der Waals surface area (Å²) >= 11 is 0. The van der Waals surface area contributed by atoms with Crippen LogP contribution in [0, 0.1) is 0 Å². The second-order valence-corrected chi connectivity index (χ2v) is 5.33. The molecule has 0 aromatic heterocycles. The van der Waals surface area contributed by atoms with Gasteiger partial charge in [0.2, 0.25) is 0 Å². The molecule has 0 radical (unpaired) electrons. The maximum atomic E-state index is 3.53. The number of piperazine rings is 2. The highest BCUT2D eigenvalue weighted by Gasteiger charge is 2.32. The van der Waals surface area contributed by atoms with Gasteiger partial charge in [-0.1, -0.05) is 12.8 Å². The van der Waals surface area contributed by atoms with E-state index >= 15 is 0 Å². The third-order valence-corrected chi connectivity index (χ3v) is 4.43. The molecule has 3 nitrogen and oxygen atoms in total. The van der Waals surface area contributed by atoms with E-state index in [1.807, 2.05) is 0 Å². The summed E-state index contributed by atoms with van der Waals surface area (Å²) in [6, 6.07) is 1.72. The molecule has 3 fully saturated rings. The van der Waals surface area contributed by atoms with Crippen LogP contribution in [-0.2, 0) is 0 Å². The van der Waals surface area contributed by atoms with Crippen LogP contribution in [0.15, 0.2) is 0 Å². The Kier molecular flexibility index (Phi) is 2.95. The molecule has 0 aromatic rings. The van der Waals surface area contributed by atoms with Crippen molar-refractivity contribution >= 4 is 0 Å². The van der Waals surface area contributed by atoms with E-state index in [4.69, 9.17) is 0 Å². The molecule has 2 saturated heterocycles. The molecule has 1 aliphatic carbocycles. The van der Waals surface area contributed by atoms with E-state index in [1.54, 1.807) is 0 Å². The molecule has 1 unspecified atom stereocenters. The minimum Gasteiger partial charge on any atom is -0.314 e. The molecular formula is C12H23N3. The van der Waals surface area contributed by atoms with Gasteiger partial charge in [0.05, 0.1) is 0 Å². The van der Waals surface area contributed by atoms with Crippen LogP contribution in [0.25, 0.3) is 0 Å². The number of hydrogen-bond donors (Lipinski definition) is 1. The van der Waals surface area contributed by atoms with Gasteiger partial charge in [-0.25, -0.2) is 0 Å². The molecule has 0 aromatic carbocycles. The van der Waals surface area contributed by atoms with Gasteiger partial charge < -0.3 is 5.32 Å². The Morgan fingerprint density at radius 2 is 1.67 bits per heavy atom. The Hall–Kier alpha value is -0.120. The van der Waals surface area contributed by atoms with Crippen molar-refractivity contribution in [1.29, 1.82) is 0 Å². The Balaban J connectivity index is 1.59. The maximum absolute atomic E-state index is 3.53. The fourth-order valence-corrected chi connectivity index (χ4v) is 3.50. The van der Waals surface area contributed by atoms with E-state index < -0.39 is 0 Å². The van der Waals surface area contributed by atoms with Gasteiger partial charge in [-0.05, 0) is 12.8 Å². The molecule has 1 atom stereocenters. The third-order valence-electron chi connectivity index (χ3n) is 4.43. The maximum Gasteiger partial charge on any atom is 0.0349 e. The molecule has 3 heteroatoms. The molecule has 0 amide bonds. The van der Waals surface area contributed by atoms with Gasteiger partial charge in [-0.3, -0.25) is 9.80 Å². The summed E-state index contributed by atoms with van der Waals surface area (Å²) < 4.78 is 0. The molecule has 15 heavy (non-hydrogen) atoms. The summed E-state index contributed by atoms with van der Waals surface area (Å²) in [5.74, 6) is 0. The van der Waals surface area contributed by atoms with Crippen LogP contribution in [0.3, 0.4) is 0 Å². The van der Waals surface area contributed by atoms with Gasteiger partial charge >= 0.3 is 0 Å². The van der Waals surface area contributed by atoms with Gasteiger partial charge in [0.25, 0.3) is 0 Å². The fraction of sp³-hybridized carbons (Fsp3) is 1.00. The fourth-order valence-electron chi connectivity index (χ4n) is 3.50. The second-order valence-electron chi connectivity index (χ2n) is 5.33. The van der Waals surface area contributed by atoms with Crippen LogP contribution in [0.4, 0.5) is 0 Å². The Morgan fingerprint density at radius 1 is 0.867 bits per heavy atom. The molecule has 0 bridgehead atoms. The van der Waals surface area contributed by atoms with Crippen molar-refractivity contribution in [2.45, 2.75) is 37.8 Å². The van der Waals surface area contributed by atoms with Crippen LogP contribution in [0.2, 0.25) is 0 Å². The van der Waals surface area contributed by atoms with Gasteiger partial charge in [-0.15, -0.1) is 0 Å². The lowest BCUT2D eigenvalue weighted by Crippen LogP contribution is -2.62. The zero-order valence-electron chi connectivity index (χ0n) is 9.62. The van der Waals surface area contributed by atoms with E-state index in [0.717, 1.165) is 12.1 Å². The van der Waals surface area contributed by atoms with Crippen molar-refractivity contribution in [1.82, 2.24) is 15.1 Å². The molecule has 1 saturated carbocycles. The first-order valence-corrected chi connectivity index (χ1v) is 6.62. The largest absolute Gasteiger partial charge is 0.314 e. The minimum atomic E-state index is 0.799. The molecule has 2 heterocycles. The van der Waals surface area contributed by atoms with Gasteiger partial charge in [0.15, 0.2) is 0 Å². The summed E-state index contributed by atoms with van der Waals surface area (Å²) in [5, 5.41) is 3.53. The molecule has 3 aliphatic rings. The normalized spacial score (nSPS) is 35.6. The summed E-state index contributed by atoms with van der Waals surface area (Å²) in [5.41, 5.74) is 0. The van der Waals surface area contributed by atoms with E-state index in [1.165, 1.54) is 65.0 Å². The first-order valence-electron chi connectivity index (χ1n) is 6.62. The van der Waals surface area contributed by atoms with Crippen LogP contribution >= 0.6 is 0 Å². The predicted octanol–water partition coefficient (Wildman–Crippen LogP) is 0.518. The molecule has 86 valence electrons. The van der Waals surface area contributed by atoms with E-state index in [9.17, 15) is 0 Å². The summed E-state index contributed by atoms with van der Waals surface area (Å²) in [6.07, 6.45) is 5.85. The van der Waals surface area contributed by atoms with Crippen molar-refractivity contribution in [2.75, 3.05) is 39.3 Å². The highest BCUT2D eigenvalue weighted by molar-refractivity contribution is 4.90. The van der Waals surface area contributed by atoms with Crippen LogP contribution < -0.4 is 5.32 Å². The number of nitrogens with one attached hydrogen (secondary N) is 1. The summed E-state index contributed by atoms with van der Waals surface area (Å²) in [6.45, 7) is 7.62. The molecular weight excluding hydrogens is 186 g/mol. The van der Waals surface area contributed by atoms with E-state index in [2.05, 4.69) is 15.1 Å². The third kappa shape index (κ3) is 2.05. The zero-order chi connectivity index (χ0) is 10.1. The Labute approximate surface area is 92.8 Å². The quantitative estimate of drug-likeness (QED) is 0.679. The van der Waals surface area contributed by atoms with E-state index in [0.29, 0.717) is 0 Å². The second kappa shape index (κ2) is 4.40. The molecule has 3 rings (SSSR count). The highest BCUT2D eigenvalue weighted by Crippen LogP contribution is 2.25. The number of nitrogens with zero attached hydrogens (tertiary/aromatic N) is 2. The van der Waals surface area contributed by atoms with Crippen LogP contribution in [0.1, 0.15) is 25.7 Å². The topological polar surface area (TPSA) is 18.5 Å². The van der Waals surface area contributed by atoms with Gasteiger partial charge in [0, 0.05) is 51.4 Å². The van der Waals surface area contributed by atoms with Crippen molar-refractivity contribution in [3.8, 4) is 0 Å². The molecule has 2 aliphatic heterocycles. The minimum absolute atomic E-state index is 0.799. The Morgan fingerprint density at radius 3 is 2.53 bits per heavy atom. The van der Waals surface area contributed by atoms with Crippen molar-refractivity contribution in [2.24, 2.45) is 0 Å². The number of fused-ring (bicyclic) bond motifs is 1. The lowest BCUT2D eigenvalue weighted by atomic mass is 10.1. The Bertz CT molecular complexity index is 213. The summed E-state index contributed by atoms with van der Waals surface area (Å²) in [4.78, 5) is 5.45. The van der Waals surface area contributed by atoms with Crippen molar-refractivity contribution in [3.05, 3.63) is 0 Å². The van der Waals surface area contributed by atoms with Crippen LogP contribution in [0.5, 0.6) is 0 Å². The summed E-state index contributed by atoms with van der Waals surface area (Å²) in [7, 11) is 0.